The van der Waals surface area contributed by atoms with E-state index in [-0.39, 0.29) is 11.5 Å². The molecule has 0 atom stereocenters. The third-order valence-electron chi connectivity index (χ3n) is 4.69. The van der Waals surface area contributed by atoms with Gasteiger partial charge in [0.05, 0.1) is 17.7 Å². The number of hydrogen-bond donors (Lipinski definition) is 1. The van der Waals surface area contributed by atoms with Crippen LogP contribution in [-0.2, 0) is 13.0 Å². The smallest absolute Gasteiger partial charge is 0.313 e. The highest BCUT2D eigenvalue weighted by atomic mass is 16.6. The van der Waals surface area contributed by atoms with Gasteiger partial charge in [0.2, 0.25) is 5.82 Å². The lowest BCUT2D eigenvalue weighted by atomic mass is 10.1. The number of pyridine rings is 1. The number of allylic oxidation sites excluding steroid dienone is 1. The molecule has 0 fully saturated rings. The van der Waals surface area contributed by atoms with Gasteiger partial charge in [0, 0.05) is 17.8 Å². The Balaban J connectivity index is 1.85. The molecule has 3 aromatic rings. The first-order valence-corrected chi connectivity index (χ1v) is 10.5. The minimum absolute atomic E-state index is 0.0631. The summed E-state index contributed by atoms with van der Waals surface area (Å²) in [4.78, 5) is 14.6. The first-order valence-electron chi connectivity index (χ1n) is 10.5. The molecule has 0 aliphatic rings. The van der Waals surface area contributed by atoms with Crippen molar-refractivity contribution in [3.05, 3.63) is 99.8 Å². The van der Waals surface area contributed by atoms with Crippen molar-refractivity contribution >= 4 is 17.7 Å². The normalized spacial score (nSPS) is 10.7. The first-order chi connectivity index (χ1) is 16.0. The largest absolute Gasteiger partial charge is 0.490 e. The van der Waals surface area contributed by atoms with Crippen LogP contribution in [0.1, 0.15) is 29.2 Å². The second-order valence-corrected chi connectivity index (χ2v) is 7.21. The van der Waals surface area contributed by atoms with E-state index < -0.39 is 4.92 Å². The van der Waals surface area contributed by atoms with Crippen molar-refractivity contribution in [1.29, 1.82) is 0 Å². The van der Waals surface area contributed by atoms with Crippen molar-refractivity contribution in [3.63, 3.8) is 0 Å². The second kappa shape index (κ2) is 11.4. The standard InChI is InChI=1S/C25H26N4O4/c1-4-7-21-14-20(16-27-28-25-22(29(30)31)8-6-13-26-25)15-23(32-5-2)24(21)33-17-19-11-9-18(3)10-12-19/h4,6,8-16H,1,5,7,17H2,2-3H3,(H,26,28)/b27-16-. The van der Waals surface area contributed by atoms with Crippen LogP contribution in [0.5, 0.6) is 11.5 Å². The fraction of sp³-hybridized carbons (Fsp3) is 0.200. The molecular weight excluding hydrogens is 420 g/mol. The average molecular weight is 447 g/mol. The fourth-order valence-electron chi connectivity index (χ4n) is 3.13. The number of hydrogen-bond acceptors (Lipinski definition) is 7. The van der Waals surface area contributed by atoms with E-state index in [4.69, 9.17) is 9.47 Å². The molecule has 3 rings (SSSR count). The van der Waals surface area contributed by atoms with Gasteiger partial charge in [-0.2, -0.15) is 5.10 Å². The summed E-state index contributed by atoms with van der Waals surface area (Å²) in [5.74, 6) is 1.31. The van der Waals surface area contributed by atoms with Gasteiger partial charge in [-0.25, -0.2) is 4.98 Å². The number of hydrazone groups is 1. The molecule has 33 heavy (non-hydrogen) atoms. The lowest BCUT2D eigenvalue weighted by molar-refractivity contribution is -0.384. The molecule has 1 N–H and O–H groups in total. The van der Waals surface area contributed by atoms with Gasteiger partial charge in [-0.15, -0.1) is 6.58 Å². The SMILES string of the molecule is C=CCc1cc(/C=N\Nc2ncccc2[N+](=O)[O-])cc(OCC)c1OCc1ccc(C)cc1. The monoisotopic (exact) mass is 446 g/mol. The third kappa shape index (κ3) is 6.39. The Morgan fingerprint density at radius 2 is 2.00 bits per heavy atom. The molecule has 0 saturated heterocycles. The molecule has 0 radical (unpaired) electrons. The summed E-state index contributed by atoms with van der Waals surface area (Å²) in [7, 11) is 0. The summed E-state index contributed by atoms with van der Waals surface area (Å²) in [6, 6.07) is 14.8. The molecule has 0 spiro atoms. The quantitative estimate of drug-likeness (QED) is 0.182. The van der Waals surface area contributed by atoms with E-state index >= 15 is 0 Å². The van der Waals surface area contributed by atoms with Gasteiger partial charge in [-0.1, -0.05) is 35.9 Å². The Bertz CT molecular complexity index is 1140. The van der Waals surface area contributed by atoms with Crippen molar-refractivity contribution in [2.45, 2.75) is 26.9 Å². The van der Waals surface area contributed by atoms with Crippen LogP contribution >= 0.6 is 0 Å². The Labute approximate surface area is 192 Å². The minimum Gasteiger partial charge on any atom is -0.490 e. The van der Waals surface area contributed by atoms with E-state index in [2.05, 4.69) is 22.1 Å². The van der Waals surface area contributed by atoms with E-state index in [0.29, 0.717) is 31.1 Å². The van der Waals surface area contributed by atoms with E-state index in [1.807, 2.05) is 50.2 Å². The zero-order valence-electron chi connectivity index (χ0n) is 18.7. The van der Waals surface area contributed by atoms with Gasteiger partial charge in [0.15, 0.2) is 11.5 Å². The Kier molecular flexibility index (Phi) is 8.13. The van der Waals surface area contributed by atoms with Gasteiger partial charge in [-0.3, -0.25) is 15.5 Å². The maximum Gasteiger partial charge on any atom is 0.313 e. The highest BCUT2D eigenvalue weighted by molar-refractivity contribution is 5.82. The lowest BCUT2D eigenvalue weighted by Gasteiger charge is -2.17. The molecule has 0 bridgehead atoms. The van der Waals surface area contributed by atoms with E-state index in [0.717, 1.165) is 16.7 Å². The van der Waals surface area contributed by atoms with Crippen LogP contribution in [0.3, 0.4) is 0 Å². The summed E-state index contributed by atoms with van der Waals surface area (Å²) in [5.41, 5.74) is 6.36. The number of anilines is 1. The number of ether oxygens (including phenoxy) is 2. The highest BCUT2D eigenvalue weighted by Crippen LogP contribution is 2.34. The number of benzene rings is 2. The van der Waals surface area contributed by atoms with Gasteiger partial charge < -0.3 is 9.47 Å². The van der Waals surface area contributed by atoms with Crippen molar-refractivity contribution in [2.24, 2.45) is 5.10 Å². The topological polar surface area (TPSA) is 98.9 Å². The van der Waals surface area contributed by atoms with Crippen molar-refractivity contribution in [2.75, 3.05) is 12.0 Å². The molecule has 8 nitrogen and oxygen atoms in total. The van der Waals surface area contributed by atoms with Crippen LogP contribution in [0, 0.1) is 17.0 Å². The van der Waals surface area contributed by atoms with Crippen LogP contribution in [0.25, 0.3) is 0 Å². The zero-order valence-corrected chi connectivity index (χ0v) is 18.7. The van der Waals surface area contributed by atoms with Crippen LogP contribution in [0.4, 0.5) is 11.5 Å². The van der Waals surface area contributed by atoms with E-state index in [1.54, 1.807) is 12.3 Å². The summed E-state index contributed by atoms with van der Waals surface area (Å²) in [6.45, 7) is 8.66. The van der Waals surface area contributed by atoms with Gasteiger partial charge >= 0.3 is 5.69 Å². The Morgan fingerprint density at radius 3 is 2.70 bits per heavy atom. The zero-order chi connectivity index (χ0) is 23.6. The Morgan fingerprint density at radius 1 is 1.21 bits per heavy atom. The molecule has 170 valence electrons. The maximum absolute atomic E-state index is 11.1. The van der Waals surface area contributed by atoms with Crippen LogP contribution in [0.2, 0.25) is 0 Å². The molecule has 0 amide bonds. The van der Waals surface area contributed by atoms with E-state index in [9.17, 15) is 10.1 Å². The number of nitrogens with one attached hydrogen (secondary N) is 1. The molecular formula is C25H26N4O4. The molecule has 1 heterocycles. The molecule has 1 aromatic heterocycles. The van der Waals surface area contributed by atoms with Crippen molar-refractivity contribution in [1.82, 2.24) is 4.98 Å². The predicted octanol–water partition coefficient (Wildman–Crippen LogP) is 5.45. The fourth-order valence-corrected chi connectivity index (χ4v) is 3.13. The molecule has 0 aliphatic heterocycles. The van der Waals surface area contributed by atoms with Crippen molar-refractivity contribution < 1.29 is 14.4 Å². The van der Waals surface area contributed by atoms with Crippen LogP contribution < -0.4 is 14.9 Å². The molecule has 0 saturated carbocycles. The lowest BCUT2D eigenvalue weighted by Crippen LogP contribution is -2.04. The number of rotatable bonds is 11. The number of nitro groups is 1. The average Bonchev–Trinajstić information content (AvgIpc) is 2.80. The van der Waals surface area contributed by atoms with Crippen LogP contribution in [0.15, 0.2) is 72.5 Å². The van der Waals surface area contributed by atoms with Gasteiger partial charge in [-0.05, 0) is 49.6 Å². The number of aromatic nitrogens is 1. The molecule has 2 aromatic carbocycles. The molecule has 8 heteroatoms. The summed E-state index contributed by atoms with van der Waals surface area (Å²) >= 11 is 0. The Hall–Kier alpha value is -4.20. The van der Waals surface area contributed by atoms with Gasteiger partial charge in [0.1, 0.15) is 6.61 Å². The summed E-state index contributed by atoms with van der Waals surface area (Å²) in [6.07, 6.45) is 5.38. The number of aryl methyl sites for hydroxylation is 1. The van der Waals surface area contributed by atoms with Gasteiger partial charge in [0.25, 0.3) is 0 Å². The number of nitrogens with zero attached hydrogens (tertiary/aromatic N) is 3. The predicted molar refractivity (Wildman–Crippen MR) is 129 cm³/mol. The third-order valence-corrected chi connectivity index (χ3v) is 4.69. The maximum atomic E-state index is 11.1. The van der Waals surface area contributed by atoms with Crippen molar-refractivity contribution in [3.8, 4) is 11.5 Å². The first kappa shape index (κ1) is 23.5. The summed E-state index contributed by atoms with van der Waals surface area (Å²) in [5, 5.41) is 15.3. The molecule has 0 unspecified atom stereocenters. The summed E-state index contributed by atoms with van der Waals surface area (Å²) < 4.78 is 12.0. The second-order valence-electron chi connectivity index (χ2n) is 7.21. The highest BCUT2D eigenvalue weighted by Gasteiger charge is 2.15. The van der Waals surface area contributed by atoms with E-state index in [1.165, 1.54) is 23.9 Å². The van der Waals surface area contributed by atoms with Crippen LogP contribution in [-0.4, -0.2) is 22.7 Å². The molecule has 0 aliphatic carbocycles. The minimum atomic E-state index is -0.513.